The molecule has 0 rings (SSSR count). The summed E-state index contributed by atoms with van der Waals surface area (Å²) in [6, 6.07) is 0. The van der Waals surface area contributed by atoms with E-state index in [1.54, 1.807) is 0 Å². The van der Waals surface area contributed by atoms with Crippen LogP contribution in [0.5, 0.6) is 0 Å². The largest absolute Gasteiger partial charge is 0.391 e. The Morgan fingerprint density at radius 1 is 0.792 bits per heavy atom. The molecule has 0 amide bonds. The summed E-state index contributed by atoms with van der Waals surface area (Å²) in [5.74, 6) is 0. The van der Waals surface area contributed by atoms with Crippen molar-refractivity contribution in [2.75, 3.05) is 6.61 Å². The van der Waals surface area contributed by atoms with Crippen molar-refractivity contribution in [3.05, 3.63) is 12.3 Å². The van der Waals surface area contributed by atoms with Gasteiger partial charge in [-0.3, -0.25) is 0 Å². The van der Waals surface area contributed by atoms with Gasteiger partial charge in [-0.15, -0.1) is 6.58 Å². The topological polar surface area (TPSA) is 18.5 Å². The molecule has 0 aromatic carbocycles. The Labute approximate surface area is 153 Å². The van der Waals surface area contributed by atoms with E-state index in [2.05, 4.69) is 33.9 Å². The number of unbranched alkanes of at least 4 members (excludes halogenated alkanes) is 8. The summed E-state index contributed by atoms with van der Waals surface area (Å²) in [5, 5.41) is 0. The van der Waals surface area contributed by atoms with Gasteiger partial charge in [0.05, 0.1) is 0 Å². The summed E-state index contributed by atoms with van der Waals surface area (Å²) >= 11 is 0. The highest BCUT2D eigenvalue weighted by Crippen LogP contribution is 2.19. The van der Waals surface area contributed by atoms with Crippen molar-refractivity contribution in [1.82, 2.24) is 0 Å². The second-order valence-electron chi connectivity index (χ2n) is 7.21. The molecule has 0 spiro atoms. The minimum atomic E-state index is -2.19. The third-order valence-corrected chi connectivity index (χ3v) is 6.95. The molecule has 1 unspecified atom stereocenters. The lowest BCUT2D eigenvalue weighted by Crippen LogP contribution is -2.41. The molecule has 0 N–H and O–H groups in total. The standard InChI is InChI=1S/C21H44O2Si/c1-6-10-11-12-13-14-15-16-17-20-22-24(5,9-4)23-21(18-7-2)19-8-3/h9,21H,4,6-8,10-20H2,1-3,5H3. The fourth-order valence-electron chi connectivity index (χ4n) is 3.07. The molecule has 0 aromatic heterocycles. The van der Waals surface area contributed by atoms with Crippen LogP contribution in [0, 0.1) is 0 Å². The van der Waals surface area contributed by atoms with Crippen molar-refractivity contribution in [1.29, 1.82) is 0 Å². The summed E-state index contributed by atoms with van der Waals surface area (Å²) in [5.41, 5.74) is 1.96. The maximum Gasteiger partial charge on any atom is 0.361 e. The molecule has 0 saturated heterocycles. The molecule has 0 saturated carbocycles. The Balaban J connectivity index is 3.81. The fourth-order valence-corrected chi connectivity index (χ4v) is 4.80. The van der Waals surface area contributed by atoms with E-state index in [1.165, 1.54) is 64.2 Å². The van der Waals surface area contributed by atoms with Crippen LogP contribution < -0.4 is 0 Å². The minimum absolute atomic E-state index is 0.345. The average Bonchev–Trinajstić information content (AvgIpc) is 2.57. The van der Waals surface area contributed by atoms with Gasteiger partial charge in [0.2, 0.25) is 0 Å². The zero-order valence-corrected chi connectivity index (χ0v) is 18.1. The molecular formula is C21H44O2Si. The molecule has 144 valence electrons. The Kier molecular flexibility index (Phi) is 16.3. The van der Waals surface area contributed by atoms with Crippen molar-refractivity contribution in [2.24, 2.45) is 0 Å². The van der Waals surface area contributed by atoms with Crippen LogP contribution in [0.4, 0.5) is 0 Å². The van der Waals surface area contributed by atoms with Gasteiger partial charge >= 0.3 is 8.56 Å². The molecular weight excluding hydrogens is 312 g/mol. The lowest BCUT2D eigenvalue weighted by Gasteiger charge is -2.29. The smallest absolute Gasteiger partial charge is 0.361 e. The van der Waals surface area contributed by atoms with Gasteiger partial charge in [-0.2, -0.15) is 0 Å². The van der Waals surface area contributed by atoms with Gasteiger partial charge < -0.3 is 8.85 Å². The summed E-state index contributed by atoms with van der Waals surface area (Å²) in [6.07, 6.45) is 17.1. The van der Waals surface area contributed by atoms with Crippen LogP contribution in [0.2, 0.25) is 6.55 Å². The second-order valence-corrected chi connectivity index (χ2v) is 10.2. The molecule has 0 heterocycles. The Bertz CT molecular complexity index is 277. The highest BCUT2D eigenvalue weighted by molar-refractivity contribution is 6.71. The van der Waals surface area contributed by atoms with Crippen LogP contribution in [0.3, 0.4) is 0 Å². The molecule has 0 bridgehead atoms. The van der Waals surface area contributed by atoms with E-state index in [9.17, 15) is 0 Å². The van der Waals surface area contributed by atoms with E-state index >= 15 is 0 Å². The second kappa shape index (κ2) is 16.4. The summed E-state index contributed by atoms with van der Waals surface area (Å²) in [7, 11) is -2.19. The molecule has 24 heavy (non-hydrogen) atoms. The normalized spacial score (nSPS) is 14.0. The van der Waals surface area contributed by atoms with E-state index in [-0.39, 0.29) is 0 Å². The van der Waals surface area contributed by atoms with Crippen molar-refractivity contribution >= 4 is 8.56 Å². The summed E-state index contributed by atoms with van der Waals surface area (Å²) < 4.78 is 12.5. The number of hydrogen-bond donors (Lipinski definition) is 0. The highest BCUT2D eigenvalue weighted by Gasteiger charge is 2.30. The van der Waals surface area contributed by atoms with Gasteiger partial charge in [0, 0.05) is 12.7 Å². The molecule has 0 aliphatic rings. The van der Waals surface area contributed by atoms with Crippen molar-refractivity contribution in [2.45, 2.75) is 117 Å². The predicted octanol–water partition coefficient (Wildman–Crippen LogP) is 7.32. The monoisotopic (exact) mass is 356 g/mol. The molecule has 2 nitrogen and oxygen atoms in total. The maximum absolute atomic E-state index is 6.35. The quantitative estimate of drug-likeness (QED) is 0.189. The summed E-state index contributed by atoms with van der Waals surface area (Å²) in [6.45, 7) is 13.7. The first-order valence-corrected chi connectivity index (χ1v) is 13.0. The van der Waals surface area contributed by atoms with Crippen LogP contribution in [-0.2, 0) is 8.85 Å². The fraction of sp³-hybridized carbons (Fsp3) is 0.905. The third-order valence-electron chi connectivity index (χ3n) is 4.63. The Hall–Kier alpha value is -0.123. The third kappa shape index (κ3) is 13.2. The molecule has 1 atom stereocenters. The predicted molar refractivity (Wildman–Crippen MR) is 110 cm³/mol. The van der Waals surface area contributed by atoms with Crippen molar-refractivity contribution in [3.63, 3.8) is 0 Å². The van der Waals surface area contributed by atoms with E-state index in [4.69, 9.17) is 8.85 Å². The molecule has 0 fully saturated rings. The van der Waals surface area contributed by atoms with Gasteiger partial charge in [-0.25, -0.2) is 0 Å². The van der Waals surface area contributed by atoms with Crippen LogP contribution in [-0.4, -0.2) is 21.3 Å². The van der Waals surface area contributed by atoms with Crippen molar-refractivity contribution < 1.29 is 8.85 Å². The maximum atomic E-state index is 6.35. The first kappa shape index (κ1) is 23.9. The van der Waals surface area contributed by atoms with Gasteiger partial charge in [0.1, 0.15) is 0 Å². The Morgan fingerprint density at radius 2 is 1.29 bits per heavy atom. The van der Waals surface area contributed by atoms with E-state index in [0.29, 0.717) is 6.10 Å². The van der Waals surface area contributed by atoms with Crippen LogP contribution in [0.15, 0.2) is 12.3 Å². The zero-order chi connectivity index (χ0) is 18.1. The van der Waals surface area contributed by atoms with Crippen LogP contribution in [0.25, 0.3) is 0 Å². The number of rotatable bonds is 18. The van der Waals surface area contributed by atoms with Crippen LogP contribution in [0.1, 0.15) is 104 Å². The van der Waals surface area contributed by atoms with E-state index < -0.39 is 8.56 Å². The average molecular weight is 357 g/mol. The Morgan fingerprint density at radius 3 is 1.75 bits per heavy atom. The molecule has 3 heteroatoms. The van der Waals surface area contributed by atoms with Gasteiger partial charge in [0.15, 0.2) is 0 Å². The number of hydrogen-bond acceptors (Lipinski definition) is 2. The lowest BCUT2D eigenvalue weighted by molar-refractivity contribution is 0.109. The lowest BCUT2D eigenvalue weighted by atomic mass is 10.1. The molecule has 0 aromatic rings. The van der Waals surface area contributed by atoms with E-state index in [1.807, 2.05) is 5.70 Å². The summed E-state index contributed by atoms with van der Waals surface area (Å²) in [4.78, 5) is 0. The van der Waals surface area contributed by atoms with Gasteiger partial charge in [0.25, 0.3) is 0 Å². The van der Waals surface area contributed by atoms with Gasteiger partial charge in [-0.1, -0.05) is 85.0 Å². The first-order valence-electron chi connectivity index (χ1n) is 10.6. The molecule has 0 aliphatic heterocycles. The van der Waals surface area contributed by atoms with Crippen LogP contribution >= 0.6 is 0 Å². The molecule has 0 aliphatic carbocycles. The molecule has 0 radical (unpaired) electrons. The van der Waals surface area contributed by atoms with Gasteiger partial charge in [-0.05, 0) is 31.5 Å². The minimum Gasteiger partial charge on any atom is -0.391 e. The SMILES string of the molecule is C=C[Si](C)(OCCCCCCCCCCC)OC(CCC)CCC. The van der Waals surface area contributed by atoms with E-state index in [0.717, 1.165) is 25.9 Å². The zero-order valence-electron chi connectivity index (χ0n) is 17.1. The first-order chi connectivity index (χ1) is 11.6. The van der Waals surface area contributed by atoms with Crippen molar-refractivity contribution in [3.8, 4) is 0 Å². The highest BCUT2D eigenvalue weighted by atomic mass is 28.4.